The number of hydrogen-bond acceptors (Lipinski definition) is 2. The van der Waals surface area contributed by atoms with Crippen LogP contribution in [0.25, 0.3) is 16.6 Å². The molecule has 0 radical (unpaired) electrons. The molecule has 0 aliphatic rings. The molecule has 0 bridgehead atoms. The molecule has 0 amide bonds. The maximum Gasteiger partial charge on any atom is 0.202 e. The molecule has 3 aromatic rings. The lowest BCUT2D eigenvalue weighted by Crippen LogP contribution is -2.02. The Kier molecular flexibility index (Phi) is 1.51. The summed E-state index contributed by atoms with van der Waals surface area (Å²) in [7, 11) is 1.61. The molecule has 0 fully saturated rings. The first-order valence-electron chi connectivity index (χ1n) is 4.72. The molecule has 0 N–H and O–H groups in total. The summed E-state index contributed by atoms with van der Waals surface area (Å²) in [6, 6.07) is 11.1. The van der Waals surface area contributed by atoms with Crippen LogP contribution in [-0.2, 0) is 0 Å². The van der Waals surface area contributed by atoms with E-state index in [0.717, 1.165) is 16.8 Å². The summed E-state index contributed by atoms with van der Waals surface area (Å²) in [6.45, 7) is 0. The van der Waals surface area contributed by atoms with Gasteiger partial charge in [-0.15, -0.1) is 0 Å². The number of ether oxygens (including phenoxy) is 1. The largest absolute Gasteiger partial charge is 0.494 e. The summed E-state index contributed by atoms with van der Waals surface area (Å²) < 4.78 is 7.16. The third-order valence-corrected chi connectivity index (χ3v) is 2.66. The normalized spacial score (nSPS) is 11.3. The molecule has 3 heterocycles. The Labute approximate surface area is 85.9 Å². The van der Waals surface area contributed by atoms with Gasteiger partial charge in [-0.2, -0.15) is 0 Å². The molecule has 0 unspecified atom stereocenters. The highest BCUT2D eigenvalue weighted by Crippen LogP contribution is 2.25. The van der Waals surface area contributed by atoms with Crippen molar-refractivity contribution in [3.63, 3.8) is 0 Å². The van der Waals surface area contributed by atoms with E-state index in [1.165, 1.54) is 0 Å². The summed E-state index contributed by atoms with van der Waals surface area (Å²) in [5.41, 5.74) is 2.63. The van der Waals surface area contributed by atoms with Crippen LogP contribution in [0.5, 0.6) is 5.75 Å². The Morgan fingerprint density at radius 3 is 2.80 bits per heavy atom. The molecule has 3 rings (SSSR count). The first kappa shape index (κ1) is 8.29. The smallest absolute Gasteiger partial charge is 0.202 e. The fraction of sp³-hybridized carbons (Fsp3) is 0.0833. The van der Waals surface area contributed by atoms with Gasteiger partial charge in [0.25, 0.3) is 0 Å². The summed E-state index contributed by atoms with van der Waals surface area (Å²) in [5.74, 6) is 0.740. The van der Waals surface area contributed by atoms with Crippen LogP contribution in [0.15, 0.2) is 41.2 Å². The second-order valence-electron chi connectivity index (χ2n) is 3.47. The lowest BCUT2D eigenvalue weighted by atomic mass is 10.3. The van der Waals surface area contributed by atoms with Gasteiger partial charge in [0.15, 0.2) is 0 Å². The average molecular weight is 199 g/mol. The molecular weight excluding hydrogens is 190 g/mol. The standard InChI is InChI=1S/C12H9NO2/c1-15-12-7-10-11(14)6-5-8-3-2-4-9(12)13(8)10/h2-7H,1H3. The van der Waals surface area contributed by atoms with Gasteiger partial charge < -0.3 is 9.14 Å². The minimum absolute atomic E-state index is 0.0204. The average Bonchev–Trinajstić information content (AvgIpc) is 2.65. The maximum atomic E-state index is 11.6. The molecule has 0 saturated heterocycles. The van der Waals surface area contributed by atoms with Crippen molar-refractivity contribution >= 4 is 16.6 Å². The Bertz CT molecular complexity index is 684. The summed E-state index contributed by atoms with van der Waals surface area (Å²) >= 11 is 0. The lowest BCUT2D eigenvalue weighted by Gasteiger charge is -2.01. The second-order valence-corrected chi connectivity index (χ2v) is 3.47. The Balaban J connectivity index is 2.68. The van der Waals surface area contributed by atoms with E-state index in [1.54, 1.807) is 19.2 Å². The maximum absolute atomic E-state index is 11.6. The molecule has 0 aliphatic heterocycles. The SMILES string of the molecule is COc1cc2c(=O)ccc3cccc1n32. The van der Waals surface area contributed by atoms with E-state index in [1.807, 2.05) is 28.7 Å². The highest BCUT2D eigenvalue weighted by molar-refractivity contribution is 5.78. The number of nitrogens with zero attached hydrogens (tertiary/aromatic N) is 1. The van der Waals surface area contributed by atoms with E-state index < -0.39 is 0 Å². The fourth-order valence-corrected chi connectivity index (χ4v) is 1.97. The molecule has 3 nitrogen and oxygen atoms in total. The number of pyridine rings is 2. The molecule has 0 aliphatic carbocycles. The minimum Gasteiger partial charge on any atom is -0.494 e. The van der Waals surface area contributed by atoms with Crippen molar-refractivity contribution in [2.75, 3.05) is 7.11 Å². The van der Waals surface area contributed by atoms with E-state index in [0.29, 0.717) is 5.52 Å². The highest BCUT2D eigenvalue weighted by atomic mass is 16.5. The third-order valence-electron chi connectivity index (χ3n) is 2.66. The predicted molar refractivity (Wildman–Crippen MR) is 58.9 cm³/mol. The van der Waals surface area contributed by atoms with Gasteiger partial charge in [-0.25, -0.2) is 0 Å². The molecule has 3 heteroatoms. The number of rotatable bonds is 1. The van der Waals surface area contributed by atoms with Gasteiger partial charge >= 0.3 is 0 Å². The quantitative estimate of drug-likeness (QED) is 0.599. The van der Waals surface area contributed by atoms with Crippen LogP contribution < -0.4 is 10.2 Å². The summed E-state index contributed by atoms with van der Waals surface area (Å²) in [6.07, 6.45) is 0. The van der Waals surface area contributed by atoms with E-state index in [9.17, 15) is 4.79 Å². The van der Waals surface area contributed by atoms with E-state index in [4.69, 9.17) is 4.74 Å². The summed E-state index contributed by atoms with van der Waals surface area (Å²) in [4.78, 5) is 11.6. The molecule has 0 aromatic carbocycles. The van der Waals surface area contributed by atoms with Gasteiger partial charge in [-0.1, -0.05) is 6.07 Å². The van der Waals surface area contributed by atoms with Crippen molar-refractivity contribution in [1.82, 2.24) is 4.40 Å². The zero-order chi connectivity index (χ0) is 10.4. The van der Waals surface area contributed by atoms with Gasteiger partial charge in [-0.05, 0) is 24.3 Å². The van der Waals surface area contributed by atoms with Crippen LogP contribution >= 0.6 is 0 Å². The molecular formula is C12H9NO2. The monoisotopic (exact) mass is 199 g/mol. The first-order valence-corrected chi connectivity index (χ1v) is 4.72. The lowest BCUT2D eigenvalue weighted by molar-refractivity contribution is 0.420. The van der Waals surface area contributed by atoms with Crippen molar-refractivity contribution in [3.05, 3.63) is 46.6 Å². The van der Waals surface area contributed by atoms with E-state index in [-0.39, 0.29) is 5.43 Å². The van der Waals surface area contributed by atoms with Crippen molar-refractivity contribution in [1.29, 1.82) is 0 Å². The Morgan fingerprint density at radius 1 is 1.13 bits per heavy atom. The van der Waals surface area contributed by atoms with Crippen LogP contribution in [0.3, 0.4) is 0 Å². The van der Waals surface area contributed by atoms with Crippen LogP contribution in [0.1, 0.15) is 0 Å². The highest BCUT2D eigenvalue weighted by Gasteiger charge is 2.09. The van der Waals surface area contributed by atoms with Crippen molar-refractivity contribution in [3.8, 4) is 5.75 Å². The Morgan fingerprint density at radius 2 is 2.00 bits per heavy atom. The van der Waals surface area contributed by atoms with Gasteiger partial charge in [-0.3, -0.25) is 4.79 Å². The molecule has 74 valence electrons. The molecule has 3 aromatic heterocycles. The minimum atomic E-state index is 0.0204. The topological polar surface area (TPSA) is 30.7 Å². The van der Waals surface area contributed by atoms with Crippen LogP contribution in [0.4, 0.5) is 0 Å². The molecule has 0 atom stereocenters. The van der Waals surface area contributed by atoms with Crippen LogP contribution in [0.2, 0.25) is 0 Å². The Hall–Kier alpha value is -2.03. The van der Waals surface area contributed by atoms with Gasteiger partial charge in [0.05, 0.1) is 18.1 Å². The van der Waals surface area contributed by atoms with Gasteiger partial charge in [0.2, 0.25) is 5.43 Å². The van der Waals surface area contributed by atoms with Gasteiger partial charge in [0, 0.05) is 11.6 Å². The summed E-state index contributed by atoms with van der Waals surface area (Å²) in [5, 5.41) is 0. The van der Waals surface area contributed by atoms with Crippen molar-refractivity contribution in [2.45, 2.75) is 0 Å². The zero-order valence-electron chi connectivity index (χ0n) is 8.23. The zero-order valence-corrected chi connectivity index (χ0v) is 8.23. The number of methoxy groups -OCH3 is 1. The molecule has 0 spiro atoms. The van der Waals surface area contributed by atoms with Crippen LogP contribution in [-0.4, -0.2) is 11.5 Å². The van der Waals surface area contributed by atoms with E-state index in [2.05, 4.69) is 0 Å². The van der Waals surface area contributed by atoms with Gasteiger partial charge in [0.1, 0.15) is 5.75 Å². The molecule has 0 saturated carbocycles. The van der Waals surface area contributed by atoms with E-state index >= 15 is 0 Å². The first-order chi connectivity index (χ1) is 7.31. The fourth-order valence-electron chi connectivity index (χ4n) is 1.97. The number of aromatic nitrogens is 1. The predicted octanol–water partition coefficient (Wildman–Crippen LogP) is 1.90. The van der Waals surface area contributed by atoms with Crippen molar-refractivity contribution in [2.24, 2.45) is 0 Å². The second kappa shape index (κ2) is 2.73. The molecule has 15 heavy (non-hydrogen) atoms. The van der Waals surface area contributed by atoms with Crippen molar-refractivity contribution < 1.29 is 4.74 Å². The number of hydrogen-bond donors (Lipinski definition) is 0. The third kappa shape index (κ3) is 0.973. The van der Waals surface area contributed by atoms with Crippen LogP contribution in [0, 0.1) is 0 Å².